The third kappa shape index (κ3) is 6.19. The highest BCUT2D eigenvalue weighted by Crippen LogP contribution is 2.28. The molecule has 0 saturated carbocycles. The first-order valence-corrected chi connectivity index (χ1v) is 10.9. The zero-order valence-corrected chi connectivity index (χ0v) is 17.7. The molecule has 3 aromatic rings. The number of likely N-dealkylation sites (tertiary alicyclic amines) is 1. The van der Waals surface area contributed by atoms with Crippen LogP contribution in [0.3, 0.4) is 0 Å². The van der Waals surface area contributed by atoms with Crippen LogP contribution in [0.25, 0.3) is 0 Å². The molecule has 1 unspecified atom stereocenters. The summed E-state index contributed by atoms with van der Waals surface area (Å²) >= 11 is 0. The number of carboxylic acids is 1. The second-order valence-corrected chi connectivity index (χ2v) is 8.27. The minimum absolute atomic E-state index is 0.150. The largest absolute Gasteiger partial charge is 0.489 e. The molecule has 0 spiro atoms. The van der Waals surface area contributed by atoms with Gasteiger partial charge in [0.1, 0.15) is 12.4 Å². The minimum atomic E-state index is -0.774. The number of rotatable bonds is 9. The molecule has 0 radical (unpaired) electrons. The molecule has 1 heterocycles. The number of hydrogen-bond acceptors (Lipinski definition) is 3. The summed E-state index contributed by atoms with van der Waals surface area (Å²) in [4.78, 5) is 13.2. The third-order valence-corrected chi connectivity index (χ3v) is 5.93. The van der Waals surface area contributed by atoms with Gasteiger partial charge in [0.15, 0.2) is 0 Å². The number of benzene rings is 3. The molecule has 1 aliphatic heterocycles. The summed E-state index contributed by atoms with van der Waals surface area (Å²) in [6.45, 7) is 3.78. The first kappa shape index (κ1) is 21.1. The van der Waals surface area contributed by atoms with Crippen molar-refractivity contribution in [3.8, 4) is 5.75 Å². The Labute approximate surface area is 184 Å². The zero-order valence-electron chi connectivity index (χ0n) is 17.7. The number of aryl methyl sites for hydroxylation is 1. The van der Waals surface area contributed by atoms with E-state index in [1.165, 1.54) is 17.5 Å². The number of carbonyl (C=O) groups is 1. The zero-order chi connectivity index (χ0) is 21.5. The van der Waals surface area contributed by atoms with Crippen molar-refractivity contribution in [2.24, 2.45) is 0 Å². The van der Waals surface area contributed by atoms with Gasteiger partial charge in [-0.2, -0.15) is 0 Å². The summed E-state index contributed by atoms with van der Waals surface area (Å²) < 4.78 is 5.88. The van der Waals surface area contributed by atoms with Gasteiger partial charge < -0.3 is 9.84 Å². The summed E-state index contributed by atoms with van der Waals surface area (Å²) in [5.74, 6) is 0.668. The third-order valence-electron chi connectivity index (χ3n) is 5.93. The van der Waals surface area contributed by atoms with Crippen molar-refractivity contribution in [1.29, 1.82) is 0 Å². The van der Waals surface area contributed by atoms with E-state index in [0.717, 1.165) is 36.5 Å². The Morgan fingerprint density at radius 1 is 0.903 bits per heavy atom. The van der Waals surface area contributed by atoms with Crippen LogP contribution in [0.1, 0.15) is 41.0 Å². The Hall–Kier alpha value is -3.11. The van der Waals surface area contributed by atoms with Crippen molar-refractivity contribution in [1.82, 2.24) is 4.90 Å². The summed E-state index contributed by atoms with van der Waals surface area (Å²) in [5.41, 5.74) is 4.94. The van der Waals surface area contributed by atoms with E-state index < -0.39 is 5.97 Å². The van der Waals surface area contributed by atoms with Gasteiger partial charge in [0.05, 0.1) is 0 Å². The molecule has 1 atom stereocenters. The van der Waals surface area contributed by atoms with E-state index >= 15 is 0 Å². The van der Waals surface area contributed by atoms with Crippen molar-refractivity contribution in [2.75, 3.05) is 13.1 Å². The summed E-state index contributed by atoms with van der Waals surface area (Å²) in [7, 11) is 0. The van der Waals surface area contributed by atoms with E-state index in [2.05, 4.69) is 59.5 Å². The Kier molecular flexibility index (Phi) is 7.00. The van der Waals surface area contributed by atoms with Crippen molar-refractivity contribution in [2.45, 2.75) is 38.3 Å². The molecule has 0 amide bonds. The van der Waals surface area contributed by atoms with E-state index in [9.17, 15) is 4.79 Å². The van der Waals surface area contributed by atoms with Crippen LogP contribution in [0.5, 0.6) is 5.75 Å². The van der Waals surface area contributed by atoms with Crippen LogP contribution < -0.4 is 4.74 Å². The summed E-state index contributed by atoms with van der Waals surface area (Å²) in [6, 6.07) is 27.2. The van der Waals surface area contributed by atoms with Gasteiger partial charge in [-0.1, -0.05) is 66.7 Å². The van der Waals surface area contributed by atoms with Crippen LogP contribution in [0.2, 0.25) is 0 Å². The lowest BCUT2D eigenvalue weighted by molar-refractivity contribution is -0.136. The van der Waals surface area contributed by atoms with Crippen LogP contribution in [-0.4, -0.2) is 29.1 Å². The smallest absolute Gasteiger partial charge is 0.303 e. The molecule has 0 aliphatic carbocycles. The average Bonchev–Trinajstić information content (AvgIpc) is 3.27. The average molecular weight is 416 g/mol. The lowest BCUT2D eigenvalue weighted by atomic mass is 9.99. The van der Waals surface area contributed by atoms with E-state index in [1.807, 2.05) is 24.3 Å². The van der Waals surface area contributed by atoms with Crippen molar-refractivity contribution >= 4 is 5.97 Å². The number of ether oxygens (including phenoxy) is 1. The minimum Gasteiger partial charge on any atom is -0.489 e. The molecule has 31 heavy (non-hydrogen) atoms. The Bertz CT molecular complexity index is 968. The van der Waals surface area contributed by atoms with Crippen LogP contribution in [0.15, 0.2) is 78.9 Å². The number of hydrogen-bond donors (Lipinski definition) is 1. The van der Waals surface area contributed by atoms with Crippen molar-refractivity contribution < 1.29 is 14.6 Å². The molecule has 160 valence electrons. The topological polar surface area (TPSA) is 49.8 Å². The maximum Gasteiger partial charge on any atom is 0.303 e. The van der Waals surface area contributed by atoms with E-state index in [-0.39, 0.29) is 6.42 Å². The number of carboxylic acid groups (broad SMARTS) is 1. The number of nitrogens with zero attached hydrogens (tertiary/aromatic N) is 1. The molecule has 1 N–H and O–H groups in total. The van der Waals surface area contributed by atoms with Crippen LogP contribution in [0.4, 0.5) is 0 Å². The lowest BCUT2D eigenvalue weighted by Crippen LogP contribution is -2.19. The molecule has 0 bridgehead atoms. The Morgan fingerprint density at radius 2 is 1.58 bits per heavy atom. The predicted molar refractivity (Wildman–Crippen MR) is 122 cm³/mol. The maximum atomic E-state index is 10.7. The summed E-state index contributed by atoms with van der Waals surface area (Å²) in [6.07, 6.45) is 1.92. The fourth-order valence-corrected chi connectivity index (χ4v) is 4.14. The second-order valence-electron chi connectivity index (χ2n) is 8.27. The van der Waals surface area contributed by atoms with E-state index in [4.69, 9.17) is 9.84 Å². The Morgan fingerprint density at radius 3 is 2.29 bits per heavy atom. The van der Waals surface area contributed by atoms with Crippen LogP contribution in [-0.2, 0) is 24.4 Å². The maximum absolute atomic E-state index is 10.7. The molecule has 4 rings (SSSR count). The fourth-order valence-electron chi connectivity index (χ4n) is 4.14. The monoisotopic (exact) mass is 415 g/mol. The number of aliphatic carboxylic acids is 1. The molecular formula is C27H29NO3. The highest BCUT2D eigenvalue weighted by atomic mass is 16.5. The van der Waals surface area contributed by atoms with Gasteiger partial charge in [0, 0.05) is 19.5 Å². The van der Waals surface area contributed by atoms with Gasteiger partial charge in [-0.15, -0.1) is 0 Å². The van der Waals surface area contributed by atoms with Gasteiger partial charge in [-0.05, 0) is 59.7 Å². The molecule has 1 saturated heterocycles. The molecule has 0 aromatic heterocycles. The van der Waals surface area contributed by atoms with Crippen molar-refractivity contribution in [3.63, 3.8) is 0 Å². The molecule has 1 aliphatic rings. The quantitative estimate of drug-likeness (QED) is 0.517. The lowest BCUT2D eigenvalue weighted by Gasteiger charge is -2.16. The first-order chi connectivity index (χ1) is 15.2. The van der Waals surface area contributed by atoms with Crippen molar-refractivity contribution in [3.05, 3.63) is 101 Å². The van der Waals surface area contributed by atoms with E-state index in [0.29, 0.717) is 18.9 Å². The SMILES string of the molecule is O=C(O)CCc1ccc(OCc2ccc(CN3CCC(c4ccccc4)C3)cc2)cc1. The highest BCUT2D eigenvalue weighted by molar-refractivity contribution is 5.67. The molecule has 4 heteroatoms. The van der Waals surface area contributed by atoms with E-state index in [1.54, 1.807) is 0 Å². The van der Waals surface area contributed by atoms with Gasteiger partial charge in [0.25, 0.3) is 0 Å². The molecule has 3 aromatic carbocycles. The molecular weight excluding hydrogens is 386 g/mol. The predicted octanol–water partition coefficient (Wildman–Crippen LogP) is 5.27. The summed E-state index contributed by atoms with van der Waals surface area (Å²) in [5, 5.41) is 8.77. The van der Waals surface area contributed by atoms with Gasteiger partial charge in [0.2, 0.25) is 0 Å². The normalized spacial score (nSPS) is 16.3. The second kappa shape index (κ2) is 10.3. The standard InChI is InChI=1S/C27H29NO3/c29-27(30)15-12-21-10-13-26(14-11-21)31-20-23-8-6-22(7-9-23)18-28-17-16-25(19-28)24-4-2-1-3-5-24/h1-11,13-14,25H,12,15-20H2,(H,29,30). The van der Waals surface area contributed by atoms with Crippen LogP contribution in [0, 0.1) is 0 Å². The van der Waals surface area contributed by atoms with Gasteiger partial charge >= 0.3 is 5.97 Å². The Balaban J connectivity index is 1.24. The highest BCUT2D eigenvalue weighted by Gasteiger charge is 2.23. The van der Waals surface area contributed by atoms with Crippen LogP contribution >= 0.6 is 0 Å². The van der Waals surface area contributed by atoms with Gasteiger partial charge in [-0.3, -0.25) is 9.69 Å². The molecule has 1 fully saturated rings. The fraction of sp³-hybridized carbons (Fsp3) is 0.296. The first-order valence-electron chi connectivity index (χ1n) is 10.9. The molecule has 4 nitrogen and oxygen atoms in total. The van der Waals surface area contributed by atoms with Gasteiger partial charge in [-0.25, -0.2) is 0 Å².